The van der Waals surface area contributed by atoms with Crippen LogP contribution >= 0.6 is 11.6 Å². The maximum Gasteiger partial charge on any atom is 0.135 e. The topological polar surface area (TPSA) is 41.6 Å². The average molecular weight is 170 g/mol. The summed E-state index contributed by atoms with van der Waals surface area (Å²) in [4.78, 5) is 0. The molecule has 1 heterocycles. The van der Waals surface area contributed by atoms with E-state index in [0.717, 1.165) is 5.69 Å². The molecule has 0 aromatic carbocycles. The van der Waals surface area contributed by atoms with Crippen LogP contribution in [0.3, 0.4) is 0 Å². The van der Waals surface area contributed by atoms with Crippen molar-refractivity contribution in [3.63, 3.8) is 0 Å². The Morgan fingerprint density at radius 3 is 2.82 bits per heavy atom. The lowest BCUT2D eigenvalue weighted by molar-refractivity contribution is 0.586. The summed E-state index contributed by atoms with van der Waals surface area (Å²) < 4.78 is 1.55. The Morgan fingerprint density at radius 1 is 1.82 bits per heavy atom. The molecular weight excluding hydrogens is 162 g/mol. The molecule has 11 heavy (non-hydrogen) atoms. The molecule has 0 aliphatic carbocycles. The van der Waals surface area contributed by atoms with Crippen molar-refractivity contribution in [2.24, 2.45) is 0 Å². The molecule has 58 valence electrons. The fourth-order valence-electron chi connectivity index (χ4n) is 0.717. The van der Waals surface area contributed by atoms with Crippen LogP contribution in [0.25, 0.3) is 0 Å². The van der Waals surface area contributed by atoms with Crippen LogP contribution in [0.1, 0.15) is 18.7 Å². The minimum absolute atomic E-state index is 0.249. The van der Waals surface area contributed by atoms with Crippen LogP contribution in [0.15, 0.2) is 6.20 Å². The third-order valence-electron chi connectivity index (χ3n) is 1.44. The van der Waals surface area contributed by atoms with Gasteiger partial charge in [0.2, 0.25) is 0 Å². The van der Waals surface area contributed by atoms with Crippen molar-refractivity contribution in [1.82, 2.24) is 9.78 Å². The molecule has 0 saturated heterocycles. The van der Waals surface area contributed by atoms with E-state index in [-0.39, 0.29) is 6.04 Å². The van der Waals surface area contributed by atoms with E-state index in [2.05, 4.69) is 11.2 Å². The third-order valence-corrected chi connectivity index (χ3v) is 1.81. The van der Waals surface area contributed by atoms with Crippen molar-refractivity contribution in [2.75, 3.05) is 0 Å². The zero-order valence-corrected chi connectivity index (χ0v) is 7.13. The molecule has 0 N–H and O–H groups in total. The molecule has 0 fully saturated rings. The van der Waals surface area contributed by atoms with Gasteiger partial charge in [0.05, 0.1) is 16.8 Å². The predicted molar refractivity (Wildman–Crippen MR) is 42.3 cm³/mol. The van der Waals surface area contributed by atoms with Crippen LogP contribution in [-0.4, -0.2) is 9.78 Å². The molecular formula is C7H8ClN3. The van der Waals surface area contributed by atoms with Gasteiger partial charge in [0.25, 0.3) is 0 Å². The normalized spacial score (nSPS) is 12.5. The molecule has 1 rings (SSSR count). The summed E-state index contributed by atoms with van der Waals surface area (Å²) in [6.07, 6.45) is 1.66. The summed E-state index contributed by atoms with van der Waals surface area (Å²) in [6.45, 7) is 3.58. The summed E-state index contributed by atoms with van der Waals surface area (Å²) in [6, 6.07) is 1.81. The van der Waals surface area contributed by atoms with E-state index in [4.69, 9.17) is 16.9 Å². The second-order valence-electron chi connectivity index (χ2n) is 2.35. The van der Waals surface area contributed by atoms with Crippen molar-refractivity contribution in [1.29, 1.82) is 5.26 Å². The molecule has 3 nitrogen and oxygen atoms in total. The van der Waals surface area contributed by atoms with Crippen molar-refractivity contribution in [2.45, 2.75) is 19.9 Å². The van der Waals surface area contributed by atoms with Crippen LogP contribution in [0.2, 0.25) is 5.02 Å². The highest BCUT2D eigenvalue weighted by Gasteiger charge is 2.06. The lowest BCUT2D eigenvalue weighted by Crippen LogP contribution is -2.02. The smallest absolute Gasteiger partial charge is 0.135 e. The first-order valence-corrected chi connectivity index (χ1v) is 3.64. The summed E-state index contributed by atoms with van der Waals surface area (Å²) in [5.74, 6) is 0. The monoisotopic (exact) mass is 169 g/mol. The standard InChI is InChI=1S/C7H8ClN3/c1-5(3-9)11-4-7(8)6(2)10-11/h4-5H,1-2H3. The molecule has 0 radical (unpaired) electrons. The SMILES string of the molecule is Cc1nn(C(C)C#N)cc1Cl. The minimum Gasteiger partial charge on any atom is -0.254 e. The highest BCUT2D eigenvalue weighted by Crippen LogP contribution is 2.14. The number of aromatic nitrogens is 2. The minimum atomic E-state index is -0.249. The van der Waals surface area contributed by atoms with E-state index in [9.17, 15) is 0 Å². The zero-order chi connectivity index (χ0) is 8.43. The number of hydrogen-bond acceptors (Lipinski definition) is 2. The Morgan fingerprint density at radius 2 is 2.45 bits per heavy atom. The molecule has 1 unspecified atom stereocenters. The first-order valence-electron chi connectivity index (χ1n) is 3.26. The Bertz CT molecular complexity index is 278. The van der Waals surface area contributed by atoms with Gasteiger partial charge < -0.3 is 0 Å². The molecule has 0 amide bonds. The molecule has 0 aliphatic rings. The molecule has 4 heteroatoms. The van der Waals surface area contributed by atoms with Gasteiger partial charge in [-0.15, -0.1) is 0 Å². The van der Waals surface area contributed by atoms with E-state index in [1.807, 2.05) is 6.92 Å². The second-order valence-corrected chi connectivity index (χ2v) is 2.75. The summed E-state index contributed by atoms with van der Waals surface area (Å²) in [5.41, 5.74) is 0.758. The quantitative estimate of drug-likeness (QED) is 0.645. The molecule has 1 aromatic rings. The van der Waals surface area contributed by atoms with Crippen molar-refractivity contribution in [3.05, 3.63) is 16.9 Å². The summed E-state index contributed by atoms with van der Waals surface area (Å²) in [5, 5.41) is 13.2. The number of halogens is 1. The molecule has 0 bridgehead atoms. The third kappa shape index (κ3) is 1.52. The van der Waals surface area contributed by atoms with Crippen molar-refractivity contribution < 1.29 is 0 Å². The molecule has 0 saturated carbocycles. The van der Waals surface area contributed by atoms with Gasteiger partial charge in [-0.3, -0.25) is 4.68 Å². The first kappa shape index (κ1) is 8.09. The van der Waals surface area contributed by atoms with Gasteiger partial charge >= 0.3 is 0 Å². The predicted octanol–water partition coefficient (Wildman–Crippen LogP) is 1.93. The highest BCUT2D eigenvalue weighted by molar-refractivity contribution is 6.31. The molecule has 0 spiro atoms. The number of hydrogen-bond donors (Lipinski definition) is 0. The van der Waals surface area contributed by atoms with Crippen LogP contribution in [0.4, 0.5) is 0 Å². The van der Waals surface area contributed by atoms with Gasteiger partial charge in [-0.2, -0.15) is 10.4 Å². The van der Waals surface area contributed by atoms with Crippen molar-refractivity contribution >= 4 is 11.6 Å². The lowest BCUT2D eigenvalue weighted by atomic mass is 10.4. The lowest BCUT2D eigenvalue weighted by Gasteiger charge is -1.99. The maximum absolute atomic E-state index is 8.53. The van der Waals surface area contributed by atoms with E-state index >= 15 is 0 Å². The fourth-order valence-corrected chi connectivity index (χ4v) is 0.855. The summed E-state index contributed by atoms with van der Waals surface area (Å²) in [7, 11) is 0. The van der Waals surface area contributed by atoms with E-state index in [1.165, 1.54) is 0 Å². The number of nitrogens with zero attached hydrogens (tertiary/aromatic N) is 3. The van der Waals surface area contributed by atoms with Crippen LogP contribution in [0.5, 0.6) is 0 Å². The van der Waals surface area contributed by atoms with Gasteiger partial charge in [-0.25, -0.2) is 0 Å². The Labute approximate surface area is 70.2 Å². The molecule has 1 aromatic heterocycles. The highest BCUT2D eigenvalue weighted by atomic mass is 35.5. The van der Waals surface area contributed by atoms with Gasteiger partial charge in [0.15, 0.2) is 0 Å². The van der Waals surface area contributed by atoms with Crippen LogP contribution in [0, 0.1) is 18.3 Å². The average Bonchev–Trinajstić information content (AvgIpc) is 2.31. The fraction of sp³-hybridized carbons (Fsp3) is 0.429. The summed E-state index contributed by atoms with van der Waals surface area (Å²) >= 11 is 5.74. The zero-order valence-electron chi connectivity index (χ0n) is 6.37. The van der Waals surface area contributed by atoms with Crippen LogP contribution in [-0.2, 0) is 0 Å². The number of nitriles is 1. The van der Waals surface area contributed by atoms with Gasteiger partial charge in [-0.05, 0) is 13.8 Å². The van der Waals surface area contributed by atoms with E-state index < -0.39 is 0 Å². The molecule has 0 aliphatic heterocycles. The molecule has 1 atom stereocenters. The van der Waals surface area contributed by atoms with Crippen LogP contribution < -0.4 is 0 Å². The second kappa shape index (κ2) is 2.93. The maximum atomic E-state index is 8.53. The van der Waals surface area contributed by atoms with E-state index in [0.29, 0.717) is 5.02 Å². The first-order chi connectivity index (χ1) is 5.15. The number of rotatable bonds is 1. The van der Waals surface area contributed by atoms with Gasteiger partial charge in [0.1, 0.15) is 6.04 Å². The number of aryl methyl sites for hydroxylation is 1. The Kier molecular flexibility index (Phi) is 2.16. The largest absolute Gasteiger partial charge is 0.254 e. The Hall–Kier alpha value is -1.01. The van der Waals surface area contributed by atoms with Gasteiger partial charge in [-0.1, -0.05) is 11.6 Å². The van der Waals surface area contributed by atoms with Gasteiger partial charge in [0, 0.05) is 6.20 Å². The Balaban J connectivity index is 2.99. The van der Waals surface area contributed by atoms with E-state index in [1.54, 1.807) is 17.8 Å². The van der Waals surface area contributed by atoms with Crippen molar-refractivity contribution in [3.8, 4) is 6.07 Å².